The Morgan fingerprint density at radius 1 is 0.935 bits per heavy atom. The average molecular weight is 423 g/mol. The second kappa shape index (κ2) is 12.6. The molecule has 0 spiro atoms. The van der Waals surface area contributed by atoms with Crippen LogP contribution in [0.25, 0.3) is 11.1 Å². The molecule has 1 saturated heterocycles. The number of benzene rings is 2. The van der Waals surface area contributed by atoms with Crippen molar-refractivity contribution >= 4 is 5.91 Å². The number of likely N-dealkylation sites (tertiary alicyclic amines) is 1. The molecule has 0 saturated carbocycles. The van der Waals surface area contributed by atoms with Crippen LogP contribution in [0.4, 0.5) is 0 Å². The first-order valence-corrected chi connectivity index (χ1v) is 12.0. The number of hydrogen-bond donors (Lipinski definition) is 2. The molecule has 0 radical (unpaired) electrons. The molecule has 1 heterocycles. The molecule has 4 nitrogen and oxygen atoms in total. The van der Waals surface area contributed by atoms with Crippen molar-refractivity contribution in [3.63, 3.8) is 0 Å². The zero-order valence-corrected chi connectivity index (χ0v) is 18.9. The minimum absolute atomic E-state index is 0.0562. The highest BCUT2D eigenvalue weighted by atomic mass is 16.3. The first-order chi connectivity index (χ1) is 15.2. The van der Waals surface area contributed by atoms with Crippen LogP contribution in [-0.4, -0.2) is 41.6 Å². The van der Waals surface area contributed by atoms with Crippen LogP contribution in [0, 0.1) is 0 Å². The smallest absolute Gasteiger partial charge is 0.220 e. The normalized spacial score (nSPS) is 16.2. The predicted molar refractivity (Wildman–Crippen MR) is 128 cm³/mol. The van der Waals surface area contributed by atoms with Crippen molar-refractivity contribution in [2.75, 3.05) is 19.6 Å². The van der Waals surface area contributed by atoms with Crippen molar-refractivity contribution in [3.05, 3.63) is 60.2 Å². The molecule has 0 aliphatic carbocycles. The summed E-state index contributed by atoms with van der Waals surface area (Å²) in [5, 5.41) is 14.3. The molecule has 2 aromatic carbocycles. The summed E-state index contributed by atoms with van der Waals surface area (Å²) >= 11 is 0. The molecule has 4 heteroatoms. The first kappa shape index (κ1) is 23.5. The maximum atomic E-state index is 12.6. The molecule has 2 unspecified atom stereocenters. The molecule has 2 atom stereocenters. The minimum Gasteiger partial charge on any atom is -0.386 e. The van der Waals surface area contributed by atoms with E-state index >= 15 is 0 Å². The monoisotopic (exact) mass is 422 g/mol. The van der Waals surface area contributed by atoms with E-state index in [1.807, 2.05) is 30.3 Å². The van der Waals surface area contributed by atoms with Crippen LogP contribution >= 0.6 is 0 Å². The van der Waals surface area contributed by atoms with Crippen LogP contribution in [-0.2, 0) is 4.79 Å². The third-order valence-corrected chi connectivity index (χ3v) is 6.25. The quantitative estimate of drug-likeness (QED) is 0.455. The Kier molecular flexibility index (Phi) is 9.57. The van der Waals surface area contributed by atoms with Crippen LogP contribution in [0.5, 0.6) is 0 Å². The summed E-state index contributed by atoms with van der Waals surface area (Å²) in [6.45, 7) is 4.98. The van der Waals surface area contributed by atoms with Crippen molar-refractivity contribution in [1.82, 2.24) is 10.2 Å². The van der Waals surface area contributed by atoms with Gasteiger partial charge in [0.25, 0.3) is 0 Å². The van der Waals surface area contributed by atoms with Gasteiger partial charge < -0.3 is 15.3 Å². The number of amides is 1. The highest BCUT2D eigenvalue weighted by Gasteiger charge is 2.26. The fraction of sp³-hybridized carbons (Fsp3) is 0.519. The maximum absolute atomic E-state index is 12.6. The summed E-state index contributed by atoms with van der Waals surface area (Å²) in [4.78, 5) is 14.9. The number of carbonyl (C=O) groups is 1. The van der Waals surface area contributed by atoms with Gasteiger partial charge in [0.15, 0.2) is 0 Å². The van der Waals surface area contributed by atoms with Gasteiger partial charge in [0.2, 0.25) is 5.91 Å². The van der Waals surface area contributed by atoms with E-state index in [-0.39, 0.29) is 11.9 Å². The van der Waals surface area contributed by atoms with Crippen molar-refractivity contribution in [1.29, 1.82) is 0 Å². The lowest BCUT2D eigenvalue weighted by atomic mass is 9.98. The van der Waals surface area contributed by atoms with Gasteiger partial charge in [-0.1, -0.05) is 87.2 Å². The summed E-state index contributed by atoms with van der Waals surface area (Å²) in [7, 11) is 0. The Bertz CT molecular complexity index is 770. The molecule has 0 bridgehead atoms. The van der Waals surface area contributed by atoms with Gasteiger partial charge in [-0.05, 0) is 49.0 Å². The van der Waals surface area contributed by atoms with Crippen molar-refractivity contribution in [3.8, 4) is 11.1 Å². The predicted octanol–water partition coefficient (Wildman–Crippen LogP) is 5.33. The highest BCUT2D eigenvalue weighted by Crippen LogP contribution is 2.24. The van der Waals surface area contributed by atoms with Crippen LogP contribution in [0.3, 0.4) is 0 Å². The molecule has 0 aromatic heterocycles. The Hall–Kier alpha value is -2.17. The molecule has 31 heavy (non-hydrogen) atoms. The lowest BCUT2D eigenvalue weighted by Gasteiger charge is -2.29. The van der Waals surface area contributed by atoms with Crippen LogP contribution in [0.15, 0.2) is 54.6 Å². The van der Waals surface area contributed by atoms with E-state index in [4.69, 9.17) is 0 Å². The largest absolute Gasteiger partial charge is 0.386 e. The van der Waals surface area contributed by atoms with Crippen LogP contribution < -0.4 is 5.32 Å². The number of hydrogen-bond acceptors (Lipinski definition) is 3. The van der Waals surface area contributed by atoms with Gasteiger partial charge in [-0.2, -0.15) is 0 Å². The molecular formula is C27H38N2O2. The molecule has 3 rings (SSSR count). The van der Waals surface area contributed by atoms with E-state index in [0.717, 1.165) is 42.6 Å². The molecule has 2 N–H and O–H groups in total. The van der Waals surface area contributed by atoms with Crippen molar-refractivity contribution < 1.29 is 9.90 Å². The Labute approximate surface area is 187 Å². The highest BCUT2D eigenvalue weighted by molar-refractivity contribution is 5.76. The average Bonchev–Trinajstić information content (AvgIpc) is 3.32. The van der Waals surface area contributed by atoms with Gasteiger partial charge in [-0.25, -0.2) is 0 Å². The van der Waals surface area contributed by atoms with E-state index in [2.05, 4.69) is 41.4 Å². The second-order valence-electron chi connectivity index (χ2n) is 8.78. The van der Waals surface area contributed by atoms with E-state index in [1.54, 1.807) is 0 Å². The van der Waals surface area contributed by atoms with E-state index in [9.17, 15) is 9.90 Å². The van der Waals surface area contributed by atoms with E-state index in [1.165, 1.54) is 32.1 Å². The Balaban J connectivity index is 1.62. The van der Waals surface area contributed by atoms with Gasteiger partial charge >= 0.3 is 0 Å². The molecule has 1 aliphatic heterocycles. The fourth-order valence-electron chi connectivity index (χ4n) is 4.37. The van der Waals surface area contributed by atoms with Gasteiger partial charge in [0, 0.05) is 13.0 Å². The van der Waals surface area contributed by atoms with Crippen molar-refractivity contribution in [2.24, 2.45) is 0 Å². The van der Waals surface area contributed by atoms with Gasteiger partial charge in [0.1, 0.15) is 6.10 Å². The Morgan fingerprint density at radius 3 is 2.26 bits per heavy atom. The summed E-state index contributed by atoms with van der Waals surface area (Å²) < 4.78 is 0. The minimum atomic E-state index is -0.713. The molecule has 1 fully saturated rings. The molecule has 2 aromatic rings. The first-order valence-electron chi connectivity index (χ1n) is 12.0. The zero-order chi connectivity index (χ0) is 21.9. The number of aliphatic hydroxyl groups excluding tert-OH is 1. The number of aliphatic hydroxyl groups is 1. The number of nitrogens with zero attached hydrogens (tertiary/aromatic N) is 1. The molecular weight excluding hydrogens is 384 g/mol. The number of unbranched alkanes of at least 4 members (excludes halogenated alkanes) is 4. The van der Waals surface area contributed by atoms with E-state index in [0.29, 0.717) is 13.0 Å². The zero-order valence-electron chi connectivity index (χ0n) is 18.9. The summed E-state index contributed by atoms with van der Waals surface area (Å²) in [6.07, 6.45) is 7.87. The topological polar surface area (TPSA) is 52.6 Å². The van der Waals surface area contributed by atoms with E-state index < -0.39 is 6.10 Å². The Morgan fingerprint density at radius 2 is 1.58 bits per heavy atom. The van der Waals surface area contributed by atoms with Crippen LogP contribution in [0.2, 0.25) is 0 Å². The molecule has 1 amide bonds. The summed E-state index contributed by atoms with van der Waals surface area (Å²) in [5.41, 5.74) is 3.14. The molecule has 168 valence electrons. The van der Waals surface area contributed by atoms with Crippen LogP contribution in [0.1, 0.15) is 70.0 Å². The van der Waals surface area contributed by atoms with Gasteiger partial charge in [-0.3, -0.25) is 4.79 Å². The third kappa shape index (κ3) is 7.48. The number of nitrogens with one attached hydrogen (secondary N) is 1. The number of carbonyl (C=O) groups excluding carboxylic acids is 1. The molecule has 1 aliphatic rings. The summed E-state index contributed by atoms with van der Waals surface area (Å²) in [5.74, 6) is 0.0562. The fourth-order valence-corrected chi connectivity index (χ4v) is 4.37. The SMILES string of the molecule is CCCCCCCC(=O)NC(CN1CCCC1)C(O)c1ccc(-c2ccccc2)cc1. The van der Waals surface area contributed by atoms with Crippen molar-refractivity contribution in [2.45, 2.75) is 70.4 Å². The summed E-state index contributed by atoms with van der Waals surface area (Å²) in [6, 6.07) is 18.0. The lowest BCUT2D eigenvalue weighted by Crippen LogP contribution is -2.46. The van der Waals surface area contributed by atoms with Gasteiger partial charge in [-0.15, -0.1) is 0 Å². The third-order valence-electron chi connectivity index (χ3n) is 6.25. The second-order valence-corrected chi connectivity index (χ2v) is 8.78. The standard InChI is InChI=1S/C27H38N2O2/c1-2-3-4-5-9-14-26(30)28-25(21-29-19-10-11-20-29)27(31)24-17-15-23(16-18-24)22-12-7-6-8-13-22/h6-8,12-13,15-18,25,27,31H,2-5,9-11,14,19-21H2,1H3,(H,28,30). The maximum Gasteiger partial charge on any atom is 0.220 e. The lowest BCUT2D eigenvalue weighted by molar-refractivity contribution is -0.123. The number of rotatable bonds is 12. The van der Waals surface area contributed by atoms with Gasteiger partial charge in [0.05, 0.1) is 6.04 Å².